The molecule has 2 aliphatic rings. The lowest BCUT2D eigenvalue weighted by atomic mass is 10.1. The third-order valence-electron chi connectivity index (χ3n) is 5.20. The van der Waals surface area contributed by atoms with Gasteiger partial charge in [-0.25, -0.2) is 9.97 Å². The molecule has 0 saturated carbocycles. The smallest absolute Gasteiger partial charge is 0.223 e. The van der Waals surface area contributed by atoms with Crippen LogP contribution < -0.4 is 15.4 Å². The number of fused-ring (bicyclic) bond motifs is 1. The molecule has 2 aromatic rings. The fourth-order valence-electron chi connectivity index (χ4n) is 3.70. The fourth-order valence-corrected chi connectivity index (χ4v) is 3.70. The molecule has 0 aliphatic carbocycles. The molecule has 0 amide bonds. The Hall–Kier alpha value is -2.22. The highest BCUT2D eigenvalue weighted by atomic mass is 16.6. The average molecular weight is 384 g/mol. The standard InChI is InChI=1S/C21H28N4O3/c1-13(2)10-23-17-11-27-20-18(12-28-19(17)20)25-21-22-9-8-16(24-21)14-4-6-15(26-3)7-5-14/h4-9,13,17-20,23H,10-12H2,1-3H3,(H,22,24,25)/t17-,18+,19-,20+/m1/s1. The van der Waals surface area contributed by atoms with Crippen LogP contribution in [-0.4, -0.2) is 61.1 Å². The Morgan fingerprint density at radius 1 is 1.07 bits per heavy atom. The number of nitrogens with one attached hydrogen (secondary N) is 2. The van der Waals surface area contributed by atoms with Crippen LogP contribution in [0.2, 0.25) is 0 Å². The topological polar surface area (TPSA) is 77.5 Å². The number of benzene rings is 1. The minimum absolute atomic E-state index is 0.0119. The summed E-state index contributed by atoms with van der Waals surface area (Å²) in [6, 6.07) is 10.0. The van der Waals surface area contributed by atoms with Gasteiger partial charge < -0.3 is 24.8 Å². The van der Waals surface area contributed by atoms with E-state index in [0.717, 1.165) is 23.6 Å². The fraction of sp³-hybridized carbons (Fsp3) is 0.524. The predicted octanol–water partition coefficient (Wildman–Crippen LogP) is 2.34. The van der Waals surface area contributed by atoms with Gasteiger partial charge in [0.25, 0.3) is 0 Å². The highest BCUT2D eigenvalue weighted by Crippen LogP contribution is 2.29. The maximum absolute atomic E-state index is 6.03. The molecule has 0 radical (unpaired) electrons. The van der Waals surface area contributed by atoms with Crippen LogP contribution in [0, 0.1) is 5.92 Å². The second-order valence-electron chi connectivity index (χ2n) is 7.75. The van der Waals surface area contributed by atoms with Crippen molar-refractivity contribution in [3.05, 3.63) is 36.5 Å². The van der Waals surface area contributed by atoms with E-state index in [0.29, 0.717) is 25.1 Å². The van der Waals surface area contributed by atoms with Crippen molar-refractivity contribution in [1.82, 2.24) is 15.3 Å². The minimum Gasteiger partial charge on any atom is -0.497 e. The van der Waals surface area contributed by atoms with Gasteiger partial charge in [0.15, 0.2) is 0 Å². The second-order valence-corrected chi connectivity index (χ2v) is 7.75. The van der Waals surface area contributed by atoms with E-state index in [1.54, 1.807) is 13.3 Å². The van der Waals surface area contributed by atoms with Crippen LogP contribution in [0.3, 0.4) is 0 Å². The number of hydrogen-bond acceptors (Lipinski definition) is 7. The largest absolute Gasteiger partial charge is 0.497 e. The number of methoxy groups -OCH3 is 1. The second kappa shape index (κ2) is 8.43. The molecule has 3 heterocycles. The van der Waals surface area contributed by atoms with E-state index in [4.69, 9.17) is 14.2 Å². The van der Waals surface area contributed by atoms with Gasteiger partial charge in [-0.2, -0.15) is 0 Å². The molecule has 4 atom stereocenters. The molecule has 0 bridgehead atoms. The first kappa shape index (κ1) is 19.1. The Labute approximate surface area is 165 Å². The number of anilines is 1. The summed E-state index contributed by atoms with van der Waals surface area (Å²) < 4.78 is 17.3. The van der Waals surface area contributed by atoms with Gasteiger partial charge in [-0.3, -0.25) is 0 Å². The number of ether oxygens (including phenoxy) is 3. The predicted molar refractivity (Wildman–Crippen MR) is 108 cm³/mol. The van der Waals surface area contributed by atoms with E-state index in [-0.39, 0.29) is 24.3 Å². The monoisotopic (exact) mass is 384 g/mol. The van der Waals surface area contributed by atoms with Crippen LogP contribution in [0.1, 0.15) is 13.8 Å². The average Bonchev–Trinajstić information content (AvgIpc) is 3.30. The van der Waals surface area contributed by atoms with Crippen LogP contribution in [0.15, 0.2) is 36.5 Å². The molecule has 0 unspecified atom stereocenters. The van der Waals surface area contributed by atoms with Gasteiger partial charge in [-0.1, -0.05) is 13.8 Å². The lowest BCUT2D eigenvalue weighted by molar-refractivity contribution is 0.0674. The van der Waals surface area contributed by atoms with Gasteiger partial charge in [0.1, 0.15) is 18.0 Å². The Bertz CT molecular complexity index is 783. The lowest BCUT2D eigenvalue weighted by Crippen LogP contribution is -2.43. The van der Waals surface area contributed by atoms with E-state index in [1.807, 2.05) is 30.3 Å². The summed E-state index contributed by atoms with van der Waals surface area (Å²) in [7, 11) is 1.66. The molecule has 1 aromatic carbocycles. The third-order valence-corrected chi connectivity index (χ3v) is 5.20. The van der Waals surface area contributed by atoms with Gasteiger partial charge in [-0.05, 0) is 42.8 Å². The van der Waals surface area contributed by atoms with E-state index in [2.05, 4.69) is 34.4 Å². The normalized spacial score (nSPS) is 26.4. The van der Waals surface area contributed by atoms with Crippen molar-refractivity contribution in [2.24, 2.45) is 5.92 Å². The van der Waals surface area contributed by atoms with Crippen molar-refractivity contribution < 1.29 is 14.2 Å². The van der Waals surface area contributed by atoms with Crippen molar-refractivity contribution >= 4 is 5.95 Å². The first-order chi connectivity index (χ1) is 13.6. The van der Waals surface area contributed by atoms with E-state index >= 15 is 0 Å². The lowest BCUT2D eigenvalue weighted by Gasteiger charge is -2.19. The maximum Gasteiger partial charge on any atom is 0.223 e. The Kier molecular flexibility index (Phi) is 5.75. The van der Waals surface area contributed by atoms with Crippen molar-refractivity contribution in [3.8, 4) is 17.0 Å². The first-order valence-corrected chi connectivity index (χ1v) is 9.84. The number of nitrogens with zero attached hydrogens (tertiary/aromatic N) is 2. The zero-order chi connectivity index (χ0) is 19.5. The third kappa shape index (κ3) is 4.11. The summed E-state index contributed by atoms with van der Waals surface area (Å²) in [6.45, 7) is 6.63. The molecular formula is C21H28N4O3. The van der Waals surface area contributed by atoms with E-state index in [9.17, 15) is 0 Å². The van der Waals surface area contributed by atoms with Gasteiger partial charge in [0, 0.05) is 11.8 Å². The summed E-state index contributed by atoms with van der Waals surface area (Å²) in [5.74, 6) is 2.01. The molecule has 2 aliphatic heterocycles. The van der Waals surface area contributed by atoms with E-state index in [1.165, 1.54) is 0 Å². The van der Waals surface area contributed by atoms with Crippen molar-refractivity contribution in [2.75, 3.05) is 32.2 Å². The molecule has 4 rings (SSSR count). The molecular weight excluding hydrogens is 356 g/mol. The Morgan fingerprint density at radius 2 is 1.79 bits per heavy atom. The Morgan fingerprint density at radius 3 is 2.50 bits per heavy atom. The van der Waals surface area contributed by atoms with Crippen LogP contribution in [0.5, 0.6) is 5.75 Å². The zero-order valence-corrected chi connectivity index (χ0v) is 16.6. The summed E-state index contributed by atoms with van der Waals surface area (Å²) in [6.07, 6.45) is 1.85. The summed E-state index contributed by atoms with van der Waals surface area (Å²) in [5.41, 5.74) is 1.88. The highest BCUT2D eigenvalue weighted by molar-refractivity contribution is 5.61. The van der Waals surface area contributed by atoms with Gasteiger partial charge >= 0.3 is 0 Å². The first-order valence-electron chi connectivity index (χ1n) is 9.84. The van der Waals surface area contributed by atoms with Crippen molar-refractivity contribution in [3.63, 3.8) is 0 Å². The van der Waals surface area contributed by atoms with Crippen LogP contribution in [-0.2, 0) is 9.47 Å². The van der Waals surface area contributed by atoms with E-state index < -0.39 is 0 Å². The molecule has 1 aromatic heterocycles. The molecule has 2 N–H and O–H groups in total. The minimum atomic E-state index is 0.0119. The van der Waals surface area contributed by atoms with Gasteiger partial charge in [-0.15, -0.1) is 0 Å². The molecule has 7 nitrogen and oxygen atoms in total. The summed E-state index contributed by atoms with van der Waals surface area (Å²) >= 11 is 0. The Balaban J connectivity index is 1.41. The molecule has 0 spiro atoms. The molecule has 2 fully saturated rings. The molecule has 150 valence electrons. The number of rotatable bonds is 7. The molecule has 28 heavy (non-hydrogen) atoms. The SMILES string of the molecule is COc1ccc(-c2ccnc(N[C@H]3CO[C@H]4[C@H]3OC[C@H]4NCC(C)C)n2)cc1. The summed E-state index contributed by atoms with van der Waals surface area (Å²) in [5, 5.41) is 6.96. The van der Waals surface area contributed by atoms with Gasteiger partial charge in [0.05, 0.1) is 38.1 Å². The molecule has 2 saturated heterocycles. The van der Waals surface area contributed by atoms with Gasteiger partial charge in [0.2, 0.25) is 5.95 Å². The highest BCUT2D eigenvalue weighted by Gasteiger charge is 2.47. The number of aromatic nitrogens is 2. The zero-order valence-electron chi connectivity index (χ0n) is 16.6. The van der Waals surface area contributed by atoms with Crippen molar-refractivity contribution in [2.45, 2.75) is 38.1 Å². The quantitative estimate of drug-likeness (QED) is 0.759. The number of hydrogen-bond donors (Lipinski definition) is 2. The van der Waals surface area contributed by atoms with Crippen LogP contribution >= 0.6 is 0 Å². The van der Waals surface area contributed by atoms with Crippen LogP contribution in [0.25, 0.3) is 11.3 Å². The van der Waals surface area contributed by atoms with Crippen LogP contribution in [0.4, 0.5) is 5.95 Å². The maximum atomic E-state index is 6.03. The summed E-state index contributed by atoms with van der Waals surface area (Å²) in [4.78, 5) is 9.05. The van der Waals surface area contributed by atoms with Crippen molar-refractivity contribution in [1.29, 1.82) is 0 Å². The molecule has 7 heteroatoms.